The minimum Gasteiger partial charge on any atom is -0.378 e. The Morgan fingerprint density at radius 3 is 2.76 bits per heavy atom. The molecule has 2 unspecified atom stereocenters. The molecule has 1 N–H and O–H groups in total. The fourth-order valence-corrected chi connectivity index (χ4v) is 3.64. The van der Waals surface area contributed by atoms with Gasteiger partial charge in [0.2, 0.25) is 0 Å². The fourth-order valence-electron chi connectivity index (χ4n) is 3.64. The van der Waals surface area contributed by atoms with Crippen molar-refractivity contribution in [3.8, 4) is 0 Å². The molecule has 0 aliphatic carbocycles. The number of ether oxygens (including phenoxy) is 1. The molecule has 0 aromatic heterocycles. The van der Waals surface area contributed by atoms with E-state index in [0.717, 1.165) is 45.0 Å². The van der Waals surface area contributed by atoms with Crippen LogP contribution in [0.3, 0.4) is 0 Å². The Bertz CT molecular complexity index is 673. The quantitative estimate of drug-likeness (QED) is 0.916. The first kappa shape index (κ1) is 16.2. The Hall–Kier alpha value is -2.27. The molecule has 0 amide bonds. The largest absolute Gasteiger partial charge is 0.378 e. The number of rotatable bonds is 4. The van der Waals surface area contributed by atoms with E-state index >= 15 is 0 Å². The van der Waals surface area contributed by atoms with Crippen molar-refractivity contribution in [3.63, 3.8) is 0 Å². The molecule has 1 fully saturated rings. The molecule has 25 heavy (non-hydrogen) atoms. The highest BCUT2D eigenvalue weighted by atomic mass is 16.5. The van der Waals surface area contributed by atoms with Crippen molar-refractivity contribution < 1.29 is 4.74 Å². The summed E-state index contributed by atoms with van der Waals surface area (Å²) in [5.41, 5.74) is 3.72. The van der Waals surface area contributed by atoms with Gasteiger partial charge in [-0.05, 0) is 49.9 Å². The maximum atomic E-state index is 5.42. The summed E-state index contributed by atoms with van der Waals surface area (Å²) in [5, 5.41) is 3.52. The Kier molecular flexibility index (Phi) is 4.74. The van der Waals surface area contributed by atoms with Gasteiger partial charge in [-0.2, -0.15) is 0 Å². The Morgan fingerprint density at radius 2 is 2.00 bits per heavy atom. The third-order valence-electron chi connectivity index (χ3n) is 5.04. The van der Waals surface area contributed by atoms with Crippen molar-refractivity contribution in [3.05, 3.63) is 48.3 Å². The normalized spacial score (nSPS) is 25.6. The van der Waals surface area contributed by atoms with Gasteiger partial charge in [-0.3, -0.25) is 4.99 Å². The van der Waals surface area contributed by atoms with E-state index in [1.54, 1.807) is 0 Å². The zero-order valence-corrected chi connectivity index (χ0v) is 14.8. The number of aliphatic imine (C=N–C) groups is 1. The number of nitrogens with one attached hydrogen (secondary N) is 1. The van der Waals surface area contributed by atoms with Crippen LogP contribution >= 0.6 is 0 Å². The number of hydrogen-bond acceptors (Lipinski definition) is 5. The monoisotopic (exact) mass is 338 g/mol. The van der Waals surface area contributed by atoms with Gasteiger partial charge in [0.1, 0.15) is 6.17 Å². The van der Waals surface area contributed by atoms with E-state index in [1.165, 1.54) is 11.4 Å². The molecule has 0 radical (unpaired) electrons. The van der Waals surface area contributed by atoms with Crippen molar-refractivity contribution in [2.75, 3.05) is 43.1 Å². The summed E-state index contributed by atoms with van der Waals surface area (Å²) in [6, 6.07) is 8.64. The van der Waals surface area contributed by atoms with Crippen LogP contribution in [-0.4, -0.2) is 50.1 Å². The lowest BCUT2D eigenvalue weighted by atomic mass is 9.96. The average molecular weight is 338 g/mol. The molecule has 5 nitrogen and oxygen atoms in total. The van der Waals surface area contributed by atoms with E-state index in [9.17, 15) is 0 Å². The van der Waals surface area contributed by atoms with Crippen LogP contribution in [0.1, 0.15) is 13.3 Å². The summed E-state index contributed by atoms with van der Waals surface area (Å²) in [4.78, 5) is 9.37. The molecule has 4 rings (SSSR count). The van der Waals surface area contributed by atoms with Crippen molar-refractivity contribution in [1.82, 2.24) is 4.90 Å². The molecular weight excluding hydrogens is 312 g/mol. The highest BCUT2D eigenvalue weighted by molar-refractivity contribution is 5.69. The number of fused-ring (bicyclic) bond motifs is 1. The van der Waals surface area contributed by atoms with Crippen LogP contribution in [0.5, 0.6) is 0 Å². The average Bonchev–Trinajstić information content (AvgIpc) is 2.69. The second-order valence-electron chi connectivity index (χ2n) is 6.64. The zero-order valence-electron chi connectivity index (χ0n) is 14.8. The number of dihydropyridines is 1. The molecule has 0 saturated carbocycles. The predicted molar refractivity (Wildman–Crippen MR) is 103 cm³/mol. The number of benzene rings is 1. The lowest BCUT2D eigenvalue weighted by Gasteiger charge is -2.34. The smallest absolute Gasteiger partial charge is 0.139 e. The fraction of sp³-hybridized carbons (Fsp3) is 0.450. The standard InChI is InChI=1S/C20H26N4O/c1-2-23-9-3-4-16-15-21-20(14-19(16)23)22-17-5-7-18(8-6-17)24-10-12-25-13-11-24/h3,5-9,14-16,20,22H,2,4,10-13H2,1H3. The summed E-state index contributed by atoms with van der Waals surface area (Å²) in [6.07, 6.45) is 9.83. The number of anilines is 2. The van der Waals surface area contributed by atoms with E-state index in [-0.39, 0.29) is 6.17 Å². The van der Waals surface area contributed by atoms with Crippen molar-refractivity contribution in [1.29, 1.82) is 0 Å². The van der Waals surface area contributed by atoms with Gasteiger partial charge < -0.3 is 19.9 Å². The van der Waals surface area contributed by atoms with Gasteiger partial charge in [0.05, 0.1) is 13.2 Å². The Labute approximate surface area is 149 Å². The van der Waals surface area contributed by atoms with Gasteiger partial charge in [-0.1, -0.05) is 6.08 Å². The molecule has 5 heteroatoms. The van der Waals surface area contributed by atoms with E-state index in [2.05, 4.69) is 70.9 Å². The first-order valence-electron chi connectivity index (χ1n) is 9.21. The number of allylic oxidation sites excluding steroid dienone is 2. The minimum atomic E-state index is 0.000960. The van der Waals surface area contributed by atoms with Crippen LogP contribution in [-0.2, 0) is 4.74 Å². The molecule has 3 aliphatic heterocycles. The molecule has 1 aromatic rings. The van der Waals surface area contributed by atoms with E-state index in [0.29, 0.717) is 5.92 Å². The molecule has 0 bridgehead atoms. The minimum absolute atomic E-state index is 0.000960. The van der Waals surface area contributed by atoms with E-state index in [1.807, 2.05) is 0 Å². The first-order chi connectivity index (χ1) is 12.3. The van der Waals surface area contributed by atoms with Crippen molar-refractivity contribution in [2.45, 2.75) is 19.5 Å². The van der Waals surface area contributed by atoms with Crippen molar-refractivity contribution >= 4 is 17.6 Å². The van der Waals surface area contributed by atoms with Crippen LogP contribution in [0.15, 0.2) is 53.3 Å². The SMILES string of the molecule is CCN1C=CCC2C=NC(Nc3ccc(N4CCOCC4)cc3)C=C21. The van der Waals surface area contributed by atoms with E-state index in [4.69, 9.17) is 9.73 Å². The topological polar surface area (TPSA) is 40.1 Å². The van der Waals surface area contributed by atoms with Gasteiger partial charge in [-0.25, -0.2) is 0 Å². The summed E-state index contributed by atoms with van der Waals surface area (Å²) in [6.45, 7) is 6.74. The van der Waals surface area contributed by atoms with Gasteiger partial charge in [0, 0.05) is 48.8 Å². The molecule has 0 spiro atoms. The summed E-state index contributed by atoms with van der Waals surface area (Å²) in [7, 11) is 0. The second kappa shape index (κ2) is 7.31. The van der Waals surface area contributed by atoms with E-state index < -0.39 is 0 Å². The van der Waals surface area contributed by atoms with Crippen molar-refractivity contribution in [2.24, 2.45) is 10.9 Å². The maximum Gasteiger partial charge on any atom is 0.139 e. The Balaban J connectivity index is 1.43. The molecular formula is C20H26N4O. The summed E-state index contributed by atoms with van der Waals surface area (Å²) in [5.74, 6) is 0.423. The summed E-state index contributed by atoms with van der Waals surface area (Å²) >= 11 is 0. The number of nitrogens with zero attached hydrogens (tertiary/aromatic N) is 3. The molecule has 3 aliphatic rings. The molecule has 1 aromatic carbocycles. The third kappa shape index (κ3) is 3.56. The lowest BCUT2D eigenvalue weighted by Crippen LogP contribution is -2.36. The van der Waals surface area contributed by atoms with Crippen LogP contribution in [0.4, 0.5) is 11.4 Å². The summed E-state index contributed by atoms with van der Waals surface area (Å²) < 4.78 is 5.42. The third-order valence-corrected chi connectivity index (χ3v) is 5.04. The first-order valence-corrected chi connectivity index (χ1v) is 9.21. The zero-order chi connectivity index (χ0) is 17.1. The molecule has 3 heterocycles. The lowest BCUT2D eigenvalue weighted by molar-refractivity contribution is 0.122. The van der Waals surface area contributed by atoms with Gasteiger partial charge in [0.15, 0.2) is 0 Å². The second-order valence-corrected chi connectivity index (χ2v) is 6.64. The Morgan fingerprint density at radius 1 is 1.20 bits per heavy atom. The van der Waals surface area contributed by atoms with Crippen LogP contribution < -0.4 is 10.2 Å². The predicted octanol–water partition coefficient (Wildman–Crippen LogP) is 3.09. The van der Waals surface area contributed by atoms with Gasteiger partial charge >= 0.3 is 0 Å². The highest BCUT2D eigenvalue weighted by Gasteiger charge is 2.24. The molecule has 132 valence electrons. The number of hydrogen-bond donors (Lipinski definition) is 1. The highest BCUT2D eigenvalue weighted by Crippen LogP contribution is 2.28. The van der Waals surface area contributed by atoms with Crippen LogP contribution in [0.2, 0.25) is 0 Å². The maximum absolute atomic E-state index is 5.42. The van der Waals surface area contributed by atoms with Gasteiger partial charge in [0.25, 0.3) is 0 Å². The van der Waals surface area contributed by atoms with Gasteiger partial charge in [-0.15, -0.1) is 0 Å². The van der Waals surface area contributed by atoms with Crippen LogP contribution in [0, 0.1) is 5.92 Å². The molecule has 1 saturated heterocycles. The number of morpholine rings is 1. The molecule has 2 atom stereocenters. The van der Waals surface area contributed by atoms with Crippen LogP contribution in [0.25, 0.3) is 0 Å².